The molecule has 0 aliphatic carbocycles. The lowest BCUT2D eigenvalue weighted by Crippen LogP contribution is -2.12. The fourth-order valence-corrected chi connectivity index (χ4v) is 2.99. The third-order valence-electron chi connectivity index (χ3n) is 2.83. The van der Waals surface area contributed by atoms with Gasteiger partial charge in [-0.05, 0) is 48.9 Å². The molecule has 0 unspecified atom stereocenters. The molecular formula is C14H13BrN2O3S. The van der Waals surface area contributed by atoms with Gasteiger partial charge in [0, 0.05) is 10.2 Å². The van der Waals surface area contributed by atoms with Crippen LogP contribution in [0.4, 0.5) is 5.69 Å². The molecule has 2 aromatic rings. The summed E-state index contributed by atoms with van der Waals surface area (Å²) >= 11 is 3.26. The summed E-state index contributed by atoms with van der Waals surface area (Å²) in [6.45, 7) is 1.65. The van der Waals surface area contributed by atoms with E-state index in [0.29, 0.717) is 17.0 Å². The number of sulfonamides is 1. The highest BCUT2D eigenvalue weighted by atomic mass is 79.9. The summed E-state index contributed by atoms with van der Waals surface area (Å²) in [5, 5.41) is 11.8. The topological polar surface area (TPSA) is 78.8 Å². The van der Waals surface area contributed by atoms with E-state index in [9.17, 15) is 8.42 Å². The van der Waals surface area contributed by atoms with Gasteiger partial charge in [0.1, 0.15) is 0 Å². The molecular weight excluding hydrogens is 356 g/mol. The number of hydrogen-bond acceptors (Lipinski definition) is 4. The summed E-state index contributed by atoms with van der Waals surface area (Å²) in [4.78, 5) is 0.183. The van der Waals surface area contributed by atoms with Gasteiger partial charge in [0.05, 0.1) is 10.6 Å². The fraction of sp³-hybridized carbons (Fsp3) is 0.0714. The fourth-order valence-electron chi connectivity index (χ4n) is 1.67. The first kappa shape index (κ1) is 15.5. The van der Waals surface area contributed by atoms with E-state index in [4.69, 9.17) is 5.21 Å². The molecule has 0 aliphatic heterocycles. The van der Waals surface area contributed by atoms with Crippen molar-refractivity contribution in [1.29, 1.82) is 0 Å². The van der Waals surface area contributed by atoms with Crippen LogP contribution in [0.1, 0.15) is 12.5 Å². The van der Waals surface area contributed by atoms with Gasteiger partial charge in [-0.2, -0.15) is 0 Å². The van der Waals surface area contributed by atoms with Gasteiger partial charge in [-0.25, -0.2) is 8.42 Å². The van der Waals surface area contributed by atoms with E-state index in [1.165, 1.54) is 12.1 Å². The molecule has 21 heavy (non-hydrogen) atoms. The van der Waals surface area contributed by atoms with Crippen LogP contribution >= 0.6 is 15.9 Å². The SMILES string of the molecule is C/C(=N\O)c1ccc(NS(=O)(=O)c2ccc(Br)cc2)cc1. The maximum atomic E-state index is 12.2. The monoisotopic (exact) mass is 368 g/mol. The Labute approximate surface area is 131 Å². The molecule has 110 valence electrons. The predicted octanol–water partition coefficient (Wildman–Crippen LogP) is 3.45. The first-order valence-electron chi connectivity index (χ1n) is 6.00. The van der Waals surface area contributed by atoms with Gasteiger partial charge in [0.2, 0.25) is 0 Å². The van der Waals surface area contributed by atoms with Crippen LogP contribution < -0.4 is 4.72 Å². The van der Waals surface area contributed by atoms with Crippen LogP contribution in [0, 0.1) is 0 Å². The Morgan fingerprint density at radius 3 is 2.19 bits per heavy atom. The lowest BCUT2D eigenvalue weighted by Gasteiger charge is -2.08. The van der Waals surface area contributed by atoms with Crippen LogP contribution in [0.3, 0.4) is 0 Å². The standard InChI is InChI=1S/C14H13BrN2O3S/c1-10(16-18)11-2-6-13(7-3-11)17-21(19,20)14-8-4-12(15)5-9-14/h2-9,17-18H,1H3/b16-10+. The third kappa shape index (κ3) is 3.83. The molecule has 0 aromatic heterocycles. The molecule has 0 amide bonds. The van der Waals surface area contributed by atoms with Crippen molar-refractivity contribution < 1.29 is 13.6 Å². The van der Waals surface area contributed by atoms with E-state index in [-0.39, 0.29) is 4.90 Å². The van der Waals surface area contributed by atoms with Crippen LogP contribution in [0.15, 0.2) is 63.1 Å². The molecule has 2 rings (SSSR count). The normalized spacial score (nSPS) is 12.2. The zero-order valence-electron chi connectivity index (χ0n) is 11.1. The van der Waals surface area contributed by atoms with Crippen LogP contribution in [-0.4, -0.2) is 19.3 Å². The number of hydrogen-bond donors (Lipinski definition) is 2. The lowest BCUT2D eigenvalue weighted by atomic mass is 10.1. The first-order valence-corrected chi connectivity index (χ1v) is 8.27. The second-order valence-electron chi connectivity index (χ2n) is 4.32. The quantitative estimate of drug-likeness (QED) is 0.492. The Balaban J connectivity index is 2.23. The minimum atomic E-state index is -3.62. The van der Waals surface area contributed by atoms with Crippen LogP contribution in [0.25, 0.3) is 0 Å². The van der Waals surface area contributed by atoms with Gasteiger partial charge in [0.15, 0.2) is 0 Å². The molecule has 0 saturated heterocycles. The Morgan fingerprint density at radius 2 is 1.67 bits per heavy atom. The number of nitrogens with zero attached hydrogens (tertiary/aromatic N) is 1. The third-order valence-corrected chi connectivity index (χ3v) is 4.75. The molecule has 0 radical (unpaired) electrons. The second-order valence-corrected chi connectivity index (χ2v) is 6.92. The van der Waals surface area contributed by atoms with Crippen LogP contribution in [0.2, 0.25) is 0 Å². The molecule has 0 aliphatic rings. The number of rotatable bonds is 4. The van der Waals surface area contributed by atoms with Crippen molar-refractivity contribution in [1.82, 2.24) is 0 Å². The van der Waals surface area contributed by atoms with Crippen molar-refractivity contribution >= 4 is 37.4 Å². The van der Waals surface area contributed by atoms with Crippen molar-refractivity contribution in [2.24, 2.45) is 5.16 Å². The summed E-state index contributed by atoms with van der Waals surface area (Å²) in [5.41, 5.74) is 1.61. The van der Waals surface area contributed by atoms with Crippen LogP contribution in [0.5, 0.6) is 0 Å². The van der Waals surface area contributed by atoms with E-state index in [1.807, 2.05) is 0 Å². The molecule has 5 nitrogen and oxygen atoms in total. The molecule has 0 heterocycles. The average Bonchev–Trinajstić information content (AvgIpc) is 2.47. The van der Waals surface area contributed by atoms with Crippen molar-refractivity contribution in [3.63, 3.8) is 0 Å². The minimum Gasteiger partial charge on any atom is -0.411 e. The highest BCUT2D eigenvalue weighted by molar-refractivity contribution is 9.10. The molecule has 2 N–H and O–H groups in total. The smallest absolute Gasteiger partial charge is 0.261 e. The van der Waals surface area contributed by atoms with E-state index in [1.54, 1.807) is 43.3 Å². The van der Waals surface area contributed by atoms with Crippen molar-refractivity contribution in [3.05, 3.63) is 58.6 Å². The Morgan fingerprint density at radius 1 is 1.10 bits per heavy atom. The Bertz CT molecular complexity index is 754. The summed E-state index contributed by atoms with van der Waals surface area (Å²) in [6.07, 6.45) is 0. The maximum Gasteiger partial charge on any atom is 0.261 e. The lowest BCUT2D eigenvalue weighted by molar-refractivity contribution is 0.319. The predicted molar refractivity (Wildman–Crippen MR) is 85.4 cm³/mol. The van der Waals surface area contributed by atoms with Gasteiger partial charge in [-0.3, -0.25) is 4.72 Å². The van der Waals surface area contributed by atoms with Crippen molar-refractivity contribution in [2.75, 3.05) is 4.72 Å². The summed E-state index contributed by atoms with van der Waals surface area (Å²) in [5.74, 6) is 0. The largest absolute Gasteiger partial charge is 0.411 e. The second kappa shape index (κ2) is 6.28. The molecule has 0 atom stereocenters. The van der Waals surface area contributed by atoms with Crippen molar-refractivity contribution in [2.45, 2.75) is 11.8 Å². The summed E-state index contributed by atoms with van der Waals surface area (Å²) < 4.78 is 27.7. The zero-order valence-corrected chi connectivity index (χ0v) is 13.5. The highest BCUT2D eigenvalue weighted by Gasteiger charge is 2.13. The van der Waals surface area contributed by atoms with Gasteiger partial charge in [-0.1, -0.05) is 33.2 Å². The van der Waals surface area contributed by atoms with Gasteiger partial charge in [-0.15, -0.1) is 0 Å². The minimum absolute atomic E-state index is 0.183. The number of nitrogens with one attached hydrogen (secondary N) is 1. The zero-order chi connectivity index (χ0) is 15.5. The molecule has 2 aromatic carbocycles. The van der Waals surface area contributed by atoms with E-state index >= 15 is 0 Å². The number of anilines is 1. The first-order chi connectivity index (χ1) is 9.92. The highest BCUT2D eigenvalue weighted by Crippen LogP contribution is 2.19. The Hall–Kier alpha value is -1.86. The summed E-state index contributed by atoms with van der Waals surface area (Å²) in [7, 11) is -3.62. The van der Waals surface area contributed by atoms with Crippen LogP contribution in [-0.2, 0) is 10.0 Å². The molecule has 0 fully saturated rings. The summed E-state index contributed by atoms with van der Waals surface area (Å²) in [6, 6.07) is 12.9. The van der Waals surface area contributed by atoms with E-state index in [0.717, 1.165) is 4.47 Å². The maximum absolute atomic E-state index is 12.2. The van der Waals surface area contributed by atoms with Gasteiger partial charge >= 0.3 is 0 Å². The average molecular weight is 369 g/mol. The molecule has 0 saturated carbocycles. The molecule has 0 bridgehead atoms. The molecule has 7 heteroatoms. The number of halogens is 1. The molecule has 0 spiro atoms. The van der Waals surface area contributed by atoms with Crippen molar-refractivity contribution in [3.8, 4) is 0 Å². The van der Waals surface area contributed by atoms with Gasteiger partial charge in [0.25, 0.3) is 10.0 Å². The number of benzene rings is 2. The number of oxime groups is 1. The van der Waals surface area contributed by atoms with E-state index in [2.05, 4.69) is 25.8 Å². The Kier molecular flexibility index (Phi) is 4.64. The van der Waals surface area contributed by atoms with Gasteiger partial charge < -0.3 is 5.21 Å². The van der Waals surface area contributed by atoms with E-state index < -0.39 is 10.0 Å².